The van der Waals surface area contributed by atoms with Crippen molar-refractivity contribution in [2.45, 2.75) is 57.7 Å². The minimum absolute atomic E-state index is 0.0179. The van der Waals surface area contributed by atoms with E-state index in [1.54, 1.807) is 37.0 Å². The van der Waals surface area contributed by atoms with Crippen LogP contribution < -0.4 is 15.4 Å². The zero-order chi connectivity index (χ0) is 32.2. The van der Waals surface area contributed by atoms with Crippen molar-refractivity contribution in [3.05, 3.63) is 88.1 Å². The maximum absolute atomic E-state index is 14.5. The molecule has 1 fully saturated rings. The van der Waals surface area contributed by atoms with Gasteiger partial charge in [-0.25, -0.2) is 18.7 Å². The number of hydrogen-bond donors (Lipinski definition) is 4. The summed E-state index contributed by atoms with van der Waals surface area (Å²) in [5, 5.41) is 26.6. The quantitative estimate of drug-likeness (QED) is 0.231. The van der Waals surface area contributed by atoms with Crippen molar-refractivity contribution in [1.29, 1.82) is 5.41 Å². The van der Waals surface area contributed by atoms with Gasteiger partial charge in [-0.2, -0.15) is 0 Å². The highest BCUT2D eigenvalue weighted by atomic mass is 32.1. The van der Waals surface area contributed by atoms with Crippen LogP contribution in [0.1, 0.15) is 49.2 Å². The number of rotatable bonds is 11. The molecule has 1 unspecified atom stereocenters. The van der Waals surface area contributed by atoms with E-state index in [4.69, 9.17) is 10.1 Å². The van der Waals surface area contributed by atoms with Crippen LogP contribution in [-0.4, -0.2) is 74.9 Å². The van der Waals surface area contributed by atoms with Gasteiger partial charge >= 0.3 is 0 Å². The van der Waals surface area contributed by atoms with E-state index in [0.29, 0.717) is 39.9 Å². The molecule has 4 heterocycles. The Labute approximate surface area is 270 Å². The van der Waals surface area contributed by atoms with Crippen LogP contribution in [-0.2, 0) is 17.8 Å². The van der Waals surface area contributed by atoms with Crippen molar-refractivity contribution in [3.63, 3.8) is 0 Å². The molecule has 0 bridgehead atoms. The molecule has 13 heteroatoms. The fourth-order valence-corrected chi connectivity index (χ4v) is 6.61. The van der Waals surface area contributed by atoms with E-state index in [1.165, 1.54) is 23.6 Å². The molecule has 0 radical (unpaired) electrons. The first-order valence-corrected chi connectivity index (χ1v) is 16.3. The molecule has 2 aromatic heterocycles. The molecule has 46 heavy (non-hydrogen) atoms. The van der Waals surface area contributed by atoms with Crippen molar-refractivity contribution in [3.8, 4) is 5.75 Å². The maximum Gasteiger partial charge on any atom is 0.264 e. The Balaban J connectivity index is 1.19. The van der Waals surface area contributed by atoms with E-state index in [2.05, 4.69) is 25.5 Å². The predicted molar refractivity (Wildman–Crippen MR) is 173 cm³/mol. The lowest BCUT2D eigenvalue weighted by molar-refractivity contribution is -0.118. The first-order valence-electron chi connectivity index (χ1n) is 15.4. The number of aliphatic hydroxyl groups excluding tert-OH is 1. The lowest BCUT2D eigenvalue weighted by Crippen LogP contribution is -2.38. The van der Waals surface area contributed by atoms with Gasteiger partial charge in [0.05, 0.1) is 23.8 Å². The Kier molecular flexibility index (Phi) is 9.71. The van der Waals surface area contributed by atoms with Gasteiger partial charge in [-0.15, -0.1) is 11.3 Å². The Morgan fingerprint density at radius 1 is 1.22 bits per heavy atom. The van der Waals surface area contributed by atoms with E-state index < -0.39 is 18.4 Å². The third-order valence-corrected chi connectivity index (χ3v) is 9.37. The summed E-state index contributed by atoms with van der Waals surface area (Å²) in [6.45, 7) is 5.49. The van der Waals surface area contributed by atoms with Crippen LogP contribution in [0, 0.1) is 5.41 Å². The molecule has 10 nitrogen and oxygen atoms in total. The molecule has 1 aliphatic carbocycles. The summed E-state index contributed by atoms with van der Waals surface area (Å²) in [7, 11) is 0. The standard InChI is InChI=1S/C33H37F2N7O3S/c1-20-24(21-4-6-23(7-5-21)45-15-14-41-12-8-22(43)9-13-41)17-25(31(34)35)26(28(20)36)18-38-30(32(44)40-33-37-10-16-46-33)29-27-3-2-11-42(27)19-39-29/h4-7,10,16-19,22,30-31,36,38,43H,2-3,8-9,11-15H2,1H3,(H,37,40,44)/b26-18-,36-28?. The number of aliphatic hydroxyl groups is 1. The monoisotopic (exact) mass is 649 g/mol. The van der Waals surface area contributed by atoms with Gasteiger partial charge in [0.25, 0.3) is 12.3 Å². The summed E-state index contributed by atoms with van der Waals surface area (Å²) in [5.74, 6) is 0.246. The SMILES string of the molecule is CC1=C(c2ccc(OCCN3CCC(O)CC3)cc2)C=C(C(F)F)/C(=C/NC(C(=O)Nc2nccs2)c2ncn3c2CCC3)C1=N. The molecule has 3 aliphatic rings. The number of alkyl halides is 2. The van der Waals surface area contributed by atoms with E-state index >= 15 is 0 Å². The van der Waals surface area contributed by atoms with E-state index in [-0.39, 0.29) is 23.0 Å². The Morgan fingerprint density at radius 2 is 2.00 bits per heavy atom. The third-order valence-electron chi connectivity index (χ3n) is 8.68. The second-order valence-corrected chi connectivity index (χ2v) is 12.5. The molecule has 242 valence electrons. The number of carbonyl (C=O) groups is 1. The van der Waals surface area contributed by atoms with Gasteiger partial charge in [-0.3, -0.25) is 20.4 Å². The molecular weight excluding hydrogens is 612 g/mol. The van der Waals surface area contributed by atoms with Crippen LogP contribution in [0.5, 0.6) is 5.75 Å². The second kappa shape index (κ2) is 14.1. The summed E-state index contributed by atoms with van der Waals surface area (Å²) in [4.78, 5) is 24.3. The van der Waals surface area contributed by atoms with Gasteiger partial charge < -0.3 is 19.7 Å². The summed E-state index contributed by atoms with van der Waals surface area (Å²) in [6.07, 6.45) is 6.20. The second-order valence-electron chi connectivity index (χ2n) is 11.6. The van der Waals surface area contributed by atoms with E-state index in [0.717, 1.165) is 57.6 Å². The number of benzene rings is 1. The highest BCUT2D eigenvalue weighted by Crippen LogP contribution is 2.35. The van der Waals surface area contributed by atoms with Crippen LogP contribution in [0.15, 0.2) is 71.2 Å². The minimum atomic E-state index is -2.85. The Bertz CT molecular complexity index is 1660. The number of piperidine rings is 1. The number of hydrogen-bond acceptors (Lipinski definition) is 9. The summed E-state index contributed by atoms with van der Waals surface area (Å²) < 4.78 is 37.0. The number of halogens is 2. The average molecular weight is 650 g/mol. The smallest absolute Gasteiger partial charge is 0.264 e. The fraction of sp³-hybridized carbons (Fsp3) is 0.394. The number of anilines is 1. The topological polar surface area (TPSA) is 128 Å². The predicted octanol–water partition coefficient (Wildman–Crippen LogP) is 4.97. The van der Waals surface area contributed by atoms with Crippen molar-refractivity contribution in [2.75, 3.05) is 31.6 Å². The summed E-state index contributed by atoms with van der Waals surface area (Å²) in [6, 6.07) is 6.25. The fourth-order valence-electron chi connectivity index (χ4n) is 6.08. The number of nitrogens with zero attached hydrogens (tertiary/aromatic N) is 4. The molecule has 4 N–H and O–H groups in total. The molecule has 0 spiro atoms. The van der Waals surface area contributed by atoms with Gasteiger partial charge in [0.15, 0.2) is 11.2 Å². The van der Waals surface area contributed by atoms with Crippen molar-refractivity contribution >= 4 is 33.7 Å². The number of likely N-dealkylation sites (tertiary alicyclic amines) is 1. The number of fused-ring (bicyclic) bond motifs is 1. The summed E-state index contributed by atoms with van der Waals surface area (Å²) in [5.41, 5.74) is 2.86. The average Bonchev–Trinajstić information content (AvgIpc) is 3.81. The Hall–Kier alpha value is -4.20. The Morgan fingerprint density at radius 3 is 2.72 bits per heavy atom. The molecule has 0 saturated carbocycles. The van der Waals surface area contributed by atoms with Crippen LogP contribution in [0.2, 0.25) is 0 Å². The normalized spacial score (nSPS) is 19.0. The number of ether oxygens (including phenoxy) is 1. The van der Waals surface area contributed by atoms with Crippen molar-refractivity contribution in [2.24, 2.45) is 0 Å². The summed E-state index contributed by atoms with van der Waals surface area (Å²) >= 11 is 1.27. The van der Waals surface area contributed by atoms with Crippen LogP contribution in [0.4, 0.5) is 13.9 Å². The maximum atomic E-state index is 14.5. The molecule has 2 aliphatic heterocycles. The van der Waals surface area contributed by atoms with Gasteiger partial charge in [0.2, 0.25) is 0 Å². The van der Waals surface area contributed by atoms with Crippen LogP contribution in [0.3, 0.4) is 0 Å². The zero-order valence-corrected chi connectivity index (χ0v) is 26.3. The molecular formula is C33H37F2N7O3S. The number of aromatic nitrogens is 3. The van der Waals surface area contributed by atoms with Gasteiger partial charge in [-0.1, -0.05) is 12.1 Å². The number of carbonyl (C=O) groups excluding carboxylic acids is 1. The van der Waals surface area contributed by atoms with Gasteiger partial charge in [-0.05, 0) is 67.5 Å². The van der Waals surface area contributed by atoms with E-state index in [9.17, 15) is 18.7 Å². The van der Waals surface area contributed by atoms with Crippen LogP contribution >= 0.6 is 11.3 Å². The third kappa shape index (κ3) is 6.96. The highest BCUT2D eigenvalue weighted by Gasteiger charge is 2.31. The number of allylic oxidation sites excluding steroid dienone is 5. The molecule has 1 amide bonds. The molecule has 1 atom stereocenters. The first-order chi connectivity index (χ1) is 22.3. The number of imidazole rings is 1. The van der Waals surface area contributed by atoms with E-state index in [1.807, 2.05) is 16.7 Å². The zero-order valence-electron chi connectivity index (χ0n) is 25.5. The lowest BCUT2D eigenvalue weighted by Gasteiger charge is -2.29. The highest BCUT2D eigenvalue weighted by molar-refractivity contribution is 7.13. The lowest BCUT2D eigenvalue weighted by atomic mass is 9.84. The number of amides is 1. The first kappa shape index (κ1) is 31.8. The number of nitrogens with one attached hydrogen (secondary N) is 3. The van der Waals surface area contributed by atoms with Gasteiger partial charge in [0, 0.05) is 60.8 Å². The van der Waals surface area contributed by atoms with Crippen molar-refractivity contribution in [1.82, 2.24) is 24.8 Å². The van der Waals surface area contributed by atoms with Crippen LogP contribution in [0.25, 0.3) is 5.57 Å². The molecule has 1 saturated heterocycles. The molecule has 6 rings (SSSR count). The number of thiazole rings is 1. The van der Waals surface area contributed by atoms with Gasteiger partial charge in [0.1, 0.15) is 12.4 Å². The minimum Gasteiger partial charge on any atom is -0.492 e. The molecule has 1 aromatic carbocycles. The largest absolute Gasteiger partial charge is 0.492 e. The molecule has 3 aromatic rings. The van der Waals surface area contributed by atoms with Crippen molar-refractivity contribution < 1.29 is 23.4 Å². The number of aryl methyl sites for hydroxylation is 1.